The van der Waals surface area contributed by atoms with Gasteiger partial charge in [0.25, 0.3) is 5.96 Å². The molecule has 2 rings (SSSR count). The zero-order chi connectivity index (χ0) is 28.4. The van der Waals surface area contributed by atoms with Crippen molar-refractivity contribution in [3.05, 3.63) is 44.0 Å². The Kier molecular flexibility index (Phi) is 10.9. The number of aromatic hydroxyl groups is 1. The van der Waals surface area contributed by atoms with Gasteiger partial charge in [-0.05, 0) is 45.1 Å². The van der Waals surface area contributed by atoms with E-state index in [-0.39, 0.29) is 55.6 Å². The molecular weight excluding hydrogens is 502 g/mol. The van der Waals surface area contributed by atoms with E-state index in [4.69, 9.17) is 19.9 Å². The predicted octanol–water partition coefficient (Wildman–Crippen LogP) is 1.18. The second-order valence-electron chi connectivity index (χ2n) is 8.59. The van der Waals surface area contributed by atoms with E-state index in [1.807, 2.05) is 13.0 Å². The van der Waals surface area contributed by atoms with Gasteiger partial charge in [-0.25, -0.2) is 24.7 Å². The average Bonchev–Trinajstić information content (AvgIpc) is 3.26. The lowest BCUT2D eigenvalue weighted by atomic mass is 9.94. The van der Waals surface area contributed by atoms with Crippen molar-refractivity contribution in [3.8, 4) is 11.5 Å². The molecule has 1 aromatic rings. The van der Waals surface area contributed by atoms with Crippen molar-refractivity contribution in [1.82, 2.24) is 10.7 Å². The Balaban J connectivity index is 1.96. The summed E-state index contributed by atoms with van der Waals surface area (Å²) in [7, 11) is 2.69. The molecule has 208 valence electrons. The summed E-state index contributed by atoms with van der Waals surface area (Å²) in [5.41, 5.74) is 9.83. The van der Waals surface area contributed by atoms with Crippen LogP contribution >= 0.6 is 0 Å². The first-order valence-electron chi connectivity index (χ1n) is 11.8. The van der Waals surface area contributed by atoms with Crippen LogP contribution < -0.4 is 21.2 Å². The Morgan fingerprint density at radius 3 is 2.68 bits per heavy atom. The van der Waals surface area contributed by atoms with Crippen LogP contribution in [0.5, 0.6) is 11.5 Å². The Morgan fingerprint density at radius 1 is 1.34 bits per heavy atom. The van der Waals surface area contributed by atoms with Crippen LogP contribution in [0.15, 0.2) is 16.6 Å². The molecule has 14 heteroatoms. The monoisotopic (exact) mass is 535 g/mol. The molecule has 14 nitrogen and oxygen atoms in total. The first-order valence-corrected chi connectivity index (χ1v) is 11.8. The number of nitrogens with two attached hydrogens (primary N) is 1. The number of methoxy groups -OCH3 is 2. The number of carbonyl (C=O) groups is 3. The number of nitro groups is 1. The summed E-state index contributed by atoms with van der Waals surface area (Å²) in [5, 5.41) is 22.8. The number of cyclic esters (lactones) is 1. The molecule has 1 aliphatic rings. The number of phenolic OH excluding ortho intramolecular Hbond substituents is 1. The van der Waals surface area contributed by atoms with E-state index >= 15 is 0 Å². The number of phenols is 1. The number of hydrogen-bond donors (Lipinski definition) is 4. The zero-order valence-corrected chi connectivity index (χ0v) is 21.8. The number of guanidine groups is 1. The molecule has 1 aliphatic heterocycles. The summed E-state index contributed by atoms with van der Waals surface area (Å²) < 4.78 is 15.3. The molecule has 1 aromatic carbocycles. The number of nitrogens with one attached hydrogen (secondary N) is 2. The molecule has 1 heterocycles. The number of benzene rings is 1. The molecule has 0 bridgehead atoms. The van der Waals surface area contributed by atoms with Gasteiger partial charge in [-0.1, -0.05) is 17.1 Å². The largest absolute Gasteiger partial charge is 0.507 e. The summed E-state index contributed by atoms with van der Waals surface area (Å²) >= 11 is 0. The molecule has 38 heavy (non-hydrogen) atoms. The number of rotatable bonds is 13. The smallest absolute Gasteiger partial charge is 0.342 e. The van der Waals surface area contributed by atoms with Gasteiger partial charge in [-0.2, -0.15) is 0 Å². The first kappa shape index (κ1) is 29.9. The lowest BCUT2D eigenvalue weighted by molar-refractivity contribution is -0.525. The van der Waals surface area contributed by atoms with E-state index in [1.54, 1.807) is 12.3 Å². The lowest BCUT2D eigenvalue weighted by Gasteiger charge is -2.16. The van der Waals surface area contributed by atoms with Crippen LogP contribution in [-0.4, -0.2) is 60.8 Å². The maximum Gasteiger partial charge on any atom is 0.342 e. The molecule has 0 unspecified atom stereocenters. The van der Waals surface area contributed by atoms with Crippen LogP contribution in [-0.2, 0) is 32.1 Å². The fourth-order valence-corrected chi connectivity index (χ4v) is 4.00. The highest BCUT2D eigenvalue weighted by molar-refractivity contribution is 5.98. The highest BCUT2D eigenvalue weighted by atomic mass is 16.7. The first-order chi connectivity index (χ1) is 18.0. The molecule has 5 N–H and O–H groups in total. The maximum absolute atomic E-state index is 12.5. The molecule has 0 aromatic heterocycles. The molecule has 0 fully saturated rings. The minimum absolute atomic E-state index is 0.0841. The number of esters is 2. The van der Waals surface area contributed by atoms with Gasteiger partial charge in [0.1, 0.15) is 29.7 Å². The number of hydrazine groups is 1. The molecular formula is C24H33N5O9. The highest BCUT2D eigenvalue weighted by Gasteiger charge is 2.31. The van der Waals surface area contributed by atoms with Crippen molar-refractivity contribution in [2.75, 3.05) is 20.8 Å². The minimum atomic E-state index is -0.910. The molecule has 0 radical (unpaired) electrons. The highest BCUT2D eigenvalue weighted by Crippen LogP contribution is 2.42. The topological polar surface area (TPSA) is 205 Å². The normalized spacial score (nSPS) is 13.8. The Labute approximate surface area is 219 Å². The van der Waals surface area contributed by atoms with E-state index in [9.17, 15) is 29.6 Å². The van der Waals surface area contributed by atoms with Crippen LogP contribution in [0.3, 0.4) is 0 Å². The van der Waals surface area contributed by atoms with Crippen molar-refractivity contribution in [3.63, 3.8) is 0 Å². The van der Waals surface area contributed by atoms with E-state index in [0.717, 1.165) is 11.1 Å². The number of amides is 1. The van der Waals surface area contributed by atoms with Crippen LogP contribution in [0.2, 0.25) is 0 Å². The molecule has 0 saturated heterocycles. The van der Waals surface area contributed by atoms with Gasteiger partial charge in [0.2, 0.25) is 5.91 Å². The maximum atomic E-state index is 12.5. The Morgan fingerprint density at radius 2 is 2.05 bits per heavy atom. The van der Waals surface area contributed by atoms with E-state index in [0.29, 0.717) is 29.7 Å². The quantitative estimate of drug-likeness (QED) is 0.0537. The number of allylic oxidation sites excluding steroid dienone is 2. The second kappa shape index (κ2) is 13.8. The van der Waals surface area contributed by atoms with E-state index in [1.165, 1.54) is 14.2 Å². The zero-order valence-electron chi connectivity index (χ0n) is 21.8. The number of ether oxygens (including phenoxy) is 3. The summed E-state index contributed by atoms with van der Waals surface area (Å²) in [6.45, 7) is 3.81. The van der Waals surface area contributed by atoms with Gasteiger partial charge in [-0.15, -0.1) is 0 Å². The van der Waals surface area contributed by atoms with Crippen molar-refractivity contribution >= 4 is 23.8 Å². The Bertz CT molecular complexity index is 1150. The predicted molar refractivity (Wildman–Crippen MR) is 135 cm³/mol. The van der Waals surface area contributed by atoms with Crippen molar-refractivity contribution in [1.29, 1.82) is 0 Å². The van der Waals surface area contributed by atoms with E-state index in [2.05, 4.69) is 10.3 Å². The second-order valence-corrected chi connectivity index (χ2v) is 8.59. The fourth-order valence-electron chi connectivity index (χ4n) is 4.00. The number of carbonyl (C=O) groups excluding carboxylic acids is 3. The van der Waals surface area contributed by atoms with Gasteiger partial charge in [-0.3, -0.25) is 4.79 Å². The lowest BCUT2D eigenvalue weighted by Crippen LogP contribution is -2.41. The summed E-state index contributed by atoms with van der Waals surface area (Å²) in [6, 6.07) is -0.910. The number of nitrogens with zero attached hydrogens (tertiary/aromatic N) is 2. The van der Waals surface area contributed by atoms with E-state index < -0.39 is 23.0 Å². The molecule has 0 spiro atoms. The third-order valence-electron chi connectivity index (χ3n) is 6.01. The third kappa shape index (κ3) is 7.82. The molecule has 1 amide bonds. The van der Waals surface area contributed by atoms with Crippen LogP contribution in [0.25, 0.3) is 0 Å². The van der Waals surface area contributed by atoms with Crippen molar-refractivity contribution in [2.45, 2.75) is 58.6 Å². The van der Waals surface area contributed by atoms with Crippen molar-refractivity contribution < 1.29 is 38.7 Å². The van der Waals surface area contributed by atoms with Gasteiger partial charge >= 0.3 is 11.9 Å². The summed E-state index contributed by atoms with van der Waals surface area (Å²) in [6.07, 6.45) is 3.08. The molecule has 0 saturated carbocycles. The van der Waals surface area contributed by atoms with Gasteiger partial charge in [0.15, 0.2) is 5.03 Å². The fraction of sp³-hybridized carbons (Fsp3) is 0.500. The minimum Gasteiger partial charge on any atom is -0.507 e. The summed E-state index contributed by atoms with van der Waals surface area (Å²) in [4.78, 5) is 50.7. The molecule has 1 atom stereocenters. The third-order valence-corrected chi connectivity index (χ3v) is 6.01. The molecule has 0 aliphatic carbocycles. The van der Waals surface area contributed by atoms with Crippen LogP contribution in [0.4, 0.5) is 0 Å². The SMILES string of the molecule is COC(=O)[C@@H](CCCN=C(N)N[N+](=O)[O-])NC(=O)CC/C(C)=C/Cc1c(O)c2c(c(C)c1OC)COC2=O. The average molecular weight is 536 g/mol. The standard InChI is InChI=1S/C24H33N5O9/c1-13(7-9-15-20(31)19-16(12-38-23(19)33)14(2)21(15)36-3)8-10-18(30)27-17(22(32)37-4)6-5-11-26-24(25)28-29(34)35/h7,17,31H,5-6,8-12H2,1-4H3,(H,27,30)(H3,25,26,28)/b13-7+/t17-/m1/s1. The van der Waals surface area contributed by atoms with Gasteiger partial charge in [0, 0.05) is 24.1 Å². The number of fused-ring (bicyclic) bond motifs is 1. The van der Waals surface area contributed by atoms with Crippen LogP contribution in [0, 0.1) is 17.0 Å². The summed E-state index contributed by atoms with van der Waals surface area (Å²) in [5.74, 6) is -1.64. The van der Waals surface area contributed by atoms with Gasteiger partial charge < -0.3 is 30.4 Å². The van der Waals surface area contributed by atoms with Gasteiger partial charge in [0.05, 0.1) is 14.2 Å². The van der Waals surface area contributed by atoms with Crippen LogP contribution in [0.1, 0.15) is 59.7 Å². The number of hydrogen-bond acceptors (Lipinski definition) is 10. The Hall–Kier alpha value is -4.36. The van der Waals surface area contributed by atoms with Crippen molar-refractivity contribution in [2.24, 2.45) is 10.7 Å². The number of aliphatic imine (C=N–C) groups is 1.